The Morgan fingerprint density at radius 3 is 2.42 bits per heavy atom. The Hall–Kier alpha value is -3.70. The van der Waals surface area contributed by atoms with E-state index < -0.39 is 11.6 Å². The van der Waals surface area contributed by atoms with Gasteiger partial charge in [-0.15, -0.1) is 0 Å². The number of nitrogens with one attached hydrogen (secondary N) is 1. The zero-order chi connectivity index (χ0) is 28.7. The molecule has 2 amide bonds. The topological polar surface area (TPSA) is 102 Å². The molecule has 2 fully saturated rings. The van der Waals surface area contributed by atoms with Crippen LogP contribution in [0.25, 0.3) is 0 Å². The number of hydrogen-bond donors (Lipinski definition) is 3. The molecule has 0 radical (unpaired) electrons. The van der Waals surface area contributed by atoms with Crippen molar-refractivity contribution >= 4 is 23.4 Å². The Kier molecular flexibility index (Phi) is 9.59. The normalized spacial score (nSPS) is 18.0. The first kappa shape index (κ1) is 29.3. The predicted molar refractivity (Wildman–Crippen MR) is 161 cm³/mol. The molecule has 40 heavy (non-hydrogen) atoms. The molecule has 214 valence electrons. The number of carbonyl (C=O) groups is 2. The molecule has 2 heterocycles. The van der Waals surface area contributed by atoms with Crippen LogP contribution in [0.3, 0.4) is 0 Å². The molecule has 0 aliphatic carbocycles. The fourth-order valence-corrected chi connectivity index (χ4v) is 5.76. The SMILES string of the molecule is CC(C)(C)N(C(=O)O)C1CCCN(c2ccc(N)cc2C#Cc2ccc(C(=O)NCCN3CCCCC3)cc2)C1. The Morgan fingerprint density at radius 1 is 1.02 bits per heavy atom. The summed E-state index contributed by atoms with van der Waals surface area (Å²) in [5.74, 6) is 6.43. The number of carboxylic acid groups (broad SMARTS) is 1. The summed E-state index contributed by atoms with van der Waals surface area (Å²) in [5.41, 5.74) is 9.44. The van der Waals surface area contributed by atoms with E-state index in [1.165, 1.54) is 19.3 Å². The monoisotopic (exact) mass is 545 g/mol. The van der Waals surface area contributed by atoms with Gasteiger partial charge in [-0.1, -0.05) is 18.3 Å². The third-order valence-corrected chi connectivity index (χ3v) is 7.70. The summed E-state index contributed by atoms with van der Waals surface area (Å²) in [7, 11) is 0. The molecule has 8 heteroatoms. The highest BCUT2D eigenvalue weighted by molar-refractivity contribution is 5.94. The summed E-state index contributed by atoms with van der Waals surface area (Å²) < 4.78 is 0. The minimum atomic E-state index is -0.893. The quantitative estimate of drug-likeness (QED) is 0.361. The molecule has 0 saturated carbocycles. The fourth-order valence-electron chi connectivity index (χ4n) is 5.76. The Morgan fingerprint density at radius 2 is 1.75 bits per heavy atom. The van der Waals surface area contributed by atoms with Gasteiger partial charge in [0, 0.05) is 48.5 Å². The zero-order valence-electron chi connectivity index (χ0n) is 24.1. The average Bonchev–Trinajstić information content (AvgIpc) is 2.92. The third kappa shape index (κ3) is 7.70. The van der Waals surface area contributed by atoms with Crippen LogP contribution in [-0.4, -0.2) is 77.8 Å². The maximum atomic E-state index is 12.6. The highest BCUT2D eigenvalue weighted by Gasteiger charge is 2.36. The van der Waals surface area contributed by atoms with Crippen LogP contribution in [-0.2, 0) is 0 Å². The first-order valence-corrected chi connectivity index (χ1v) is 14.4. The van der Waals surface area contributed by atoms with Crippen molar-refractivity contribution in [2.45, 2.75) is 64.5 Å². The summed E-state index contributed by atoms with van der Waals surface area (Å²) in [6.07, 6.45) is 4.62. The summed E-state index contributed by atoms with van der Waals surface area (Å²) in [6.45, 7) is 11.0. The second-order valence-electron chi connectivity index (χ2n) is 11.8. The molecule has 0 bridgehead atoms. The van der Waals surface area contributed by atoms with Crippen molar-refractivity contribution in [3.05, 3.63) is 59.2 Å². The third-order valence-electron chi connectivity index (χ3n) is 7.70. The van der Waals surface area contributed by atoms with Crippen molar-refractivity contribution in [2.24, 2.45) is 0 Å². The molecule has 2 aliphatic heterocycles. The minimum absolute atomic E-state index is 0.0695. The first-order chi connectivity index (χ1) is 19.1. The molecule has 2 aromatic rings. The summed E-state index contributed by atoms with van der Waals surface area (Å²) in [4.78, 5) is 30.9. The number of carbonyl (C=O) groups excluding carboxylic acids is 1. The van der Waals surface area contributed by atoms with Crippen molar-refractivity contribution in [3.8, 4) is 11.8 Å². The molecular weight excluding hydrogens is 502 g/mol. The average molecular weight is 546 g/mol. The smallest absolute Gasteiger partial charge is 0.408 e. The second kappa shape index (κ2) is 13.1. The fraction of sp³-hybridized carbons (Fsp3) is 0.500. The van der Waals surface area contributed by atoms with E-state index in [1.807, 2.05) is 63.2 Å². The van der Waals surface area contributed by atoms with Crippen molar-refractivity contribution in [1.82, 2.24) is 15.1 Å². The van der Waals surface area contributed by atoms with Gasteiger partial charge >= 0.3 is 6.09 Å². The lowest BCUT2D eigenvalue weighted by molar-refractivity contribution is 0.0648. The molecule has 1 unspecified atom stereocenters. The van der Waals surface area contributed by atoms with Crippen LogP contribution in [0, 0.1) is 11.8 Å². The lowest BCUT2D eigenvalue weighted by Gasteiger charge is -2.45. The summed E-state index contributed by atoms with van der Waals surface area (Å²) in [5, 5.41) is 12.9. The molecule has 0 spiro atoms. The van der Waals surface area contributed by atoms with Crippen LogP contribution in [0.4, 0.5) is 16.2 Å². The number of likely N-dealkylation sites (tertiary alicyclic amines) is 1. The number of benzene rings is 2. The highest BCUT2D eigenvalue weighted by Crippen LogP contribution is 2.30. The Labute approximate surface area is 238 Å². The van der Waals surface area contributed by atoms with Crippen molar-refractivity contribution in [3.63, 3.8) is 0 Å². The Bertz CT molecular complexity index is 1240. The van der Waals surface area contributed by atoms with Crippen molar-refractivity contribution in [1.29, 1.82) is 0 Å². The summed E-state index contributed by atoms with van der Waals surface area (Å²) >= 11 is 0. The van der Waals surface area contributed by atoms with Crippen molar-refractivity contribution < 1.29 is 14.7 Å². The number of nitrogen functional groups attached to an aromatic ring is 1. The van der Waals surface area contributed by atoms with Gasteiger partial charge in [0.25, 0.3) is 5.91 Å². The molecule has 1 atom stereocenters. The largest absolute Gasteiger partial charge is 0.465 e. The zero-order valence-corrected chi connectivity index (χ0v) is 24.1. The molecule has 8 nitrogen and oxygen atoms in total. The van der Waals surface area contributed by atoms with Gasteiger partial charge in [-0.05, 0) is 102 Å². The summed E-state index contributed by atoms with van der Waals surface area (Å²) in [6, 6.07) is 12.9. The number of hydrogen-bond acceptors (Lipinski definition) is 5. The van der Waals surface area contributed by atoms with E-state index in [-0.39, 0.29) is 11.9 Å². The standard InChI is InChI=1S/C32H43N5O3/c1-32(2,3)37(31(39)40)28-8-7-20-36(23-28)29-16-15-27(33)22-26(29)14-11-24-9-12-25(13-10-24)30(38)34-17-21-35-18-5-4-6-19-35/h9-10,12-13,15-16,22,28H,4-8,17-21,23,33H2,1-3H3,(H,34,38)(H,39,40). The minimum Gasteiger partial charge on any atom is -0.465 e. The second-order valence-corrected chi connectivity index (χ2v) is 11.8. The van der Waals surface area contributed by atoms with Gasteiger partial charge in [0.15, 0.2) is 0 Å². The number of anilines is 2. The number of nitrogens with two attached hydrogens (primary N) is 1. The van der Waals surface area contributed by atoms with Gasteiger partial charge in [-0.25, -0.2) is 4.79 Å². The van der Waals surface area contributed by atoms with E-state index in [1.54, 1.807) is 4.90 Å². The van der Waals surface area contributed by atoms with Crippen LogP contribution >= 0.6 is 0 Å². The molecule has 2 aliphatic rings. The highest BCUT2D eigenvalue weighted by atomic mass is 16.4. The van der Waals surface area contributed by atoms with E-state index >= 15 is 0 Å². The molecule has 0 aromatic heterocycles. The molecule has 2 aromatic carbocycles. The van der Waals surface area contributed by atoms with Gasteiger partial charge in [0.05, 0.1) is 17.3 Å². The number of nitrogens with zero attached hydrogens (tertiary/aromatic N) is 3. The van der Waals surface area contributed by atoms with Crippen LogP contribution in [0.5, 0.6) is 0 Å². The predicted octanol–water partition coefficient (Wildman–Crippen LogP) is 4.63. The van der Waals surface area contributed by atoms with E-state index in [0.29, 0.717) is 24.3 Å². The molecular formula is C32H43N5O3. The lowest BCUT2D eigenvalue weighted by Crippen LogP contribution is -2.56. The van der Waals surface area contributed by atoms with Gasteiger partial charge in [0.1, 0.15) is 0 Å². The Balaban J connectivity index is 1.43. The first-order valence-electron chi connectivity index (χ1n) is 14.4. The van der Waals surface area contributed by atoms with Crippen LogP contribution < -0.4 is 16.0 Å². The molecule has 2 saturated heterocycles. The van der Waals surface area contributed by atoms with Gasteiger partial charge in [-0.3, -0.25) is 9.69 Å². The van der Waals surface area contributed by atoms with E-state index in [0.717, 1.165) is 55.8 Å². The van der Waals surface area contributed by atoms with Crippen LogP contribution in [0.2, 0.25) is 0 Å². The van der Waals surface area contributed by atoms with Crippen LogP contribution in [0.15, 0.2) is 42.5 Å². The lowest BCUT2D eigenvalue weighted by atomic mass is 9.96. The number of amides is 2. The number of piperidine rings is 2. The van der Waals surface area contributed by atoms with Gasteiger partial charge in [-0.2, -0.15) is 0 Å². The maximum absolute atomic E-state index is 12.6. The van der Waals surface area contributed by atoms with Crippen molar-refractivity contribution in [2.75, 3.05) is 49.9 Å². The maximum Gasteiger partial charge on any atom is 0.408 e. The van der Waals surface area contributed by atoms with E-state index in [2.05, 4.69) is 27.0 Å². The van der Waals surface area contributed by atoms with Gasteiger partial charge < -0.3 is 26.0 Å². The van der Waals surface area contributed by atoms with Gasteiger partial charge in [0.2, 0.25) is 0 Å². The van der Waals surface area contributed by atoms with E-state index in [9.17, 15) is 14.7 Å². The number of rotatable bonds is 6. The van der Waals surface area contributed by atoms with E-state index in [4.69, 9.17) is 5.73 Å². The molecule has 4 rings (SSSR count). The molecule has 4 N–H and O–H groups in total. The van der Waals surface area contributed by atoms with Crippen LogP contribution in [0.1, 0.15) is 74.4 Å².